The molecule has 0 aliphatic heterocycles. The van der Waals surface area contributed by atoms with Crippen molar-refractivity contribution in [3.05, 3.63) is 51.5 Å². The minimum atomic E-state index is -0.793. The van der Waals surface area contributed by atoms with E-state index in [4.69, 9.17) is 4.98 Å². The molecule has 26 heavy (non-hydrogen) atoms. The van der Waals surface area contributed by atoms with Gasteiger partial charge in [-0.15, -0.1) is 11.3 Å². The summed E-state index contributed by atoms with van der Waals surface area (Å²) >= 11 is 1.81. The Morgan fingerprint density at radius 3 is 2.62 bits per heavy atom. The van der Waals surface area contributed by atoms with Gasteiger partial charge in [0, 0.05) is 16.0 Å². The second-order valence-corrected chi connectivity index (χ2v) is 8.18. The first-order chi connectivity index (χ1) is 12.6. The van der Waals surface area contributed by atoms with Crippen LogP contribution in [0.1, 0.15) is 47.0 Å². The van der Waals surface area contributed by atoms with Gasteiger partial charge in [-0.2, -0.15) is 0 Å². The van der Waals surface area contributed by atoms with Crippen molar-refractivity contribution in [1.82, 2.24) is 4.98 Å². The van der Waals surface area contributed by atoms with Gasteiger partial charge in [0.2, 0.25) is 0 Å². The molecule has 3 nitrogen and oxygen atoms in total. The Hall–Kier alpha value is -2.20. The van der Waals surface area contributed by atoms with Gasteiger partial charge in [-0.3, -0.25) is 4.79 Å². The predicted molar refractivity (Wildman–Crippen MR) is 107 cm³/mol. The molecule has 0 unspecified atom stereocenters. The van der Waals surface area contributed by atoms with Crippen LogP contribution in [0.25, 0.3) is 21.3 Å². The Bertz CT molecular complexity index is 986. The number of carbonyl (C=O) groups is 1. The van der Waals surface area contributed by atoms with Crippen LogP contribution in [0, 0.1) is 6.92 Å². The zero-order valence-electron chi connectivity index (χ0n) is 15.3. The van der Waals surface area contributed by atoms with Gasteiger partial charge in [0.1, 0.15) is 4.83 Å². The van der Waals surface area contributed by atoms with Gasteiger partial charge in [-0.25, -0.2) is 4.98 Å². The number of benzene rings is 1. The second kappa shape index (κ2) is 6.84. The lowest BCUT2D eigenvalue weighted by Gasteiger charge is -2.17. The van der Waals surface area contributed by atoms with E-state index in [9.17, 15) is 9.90 Å². The summed E-state index contributed by atoms with van der Waals surface area (Å²) in [5.41, 5.74) is 6.65. The summed E-state index contributed by atoms with van der Waals surface area (Å²) in [4.78, 5) is 19.1. The fourth-order valence-electron chi connectivity index (χ4n) is 4.05. The normalized spacial score (nSPS) is 13.8. The Morgan fingerprint density at radius 2 is 1.92 bits per heavy atom. The number of aliphatic carboxylic acids is 1. The van der Waals surface area contributed by atoms with Crippen LogP contribution in [0.5, 0.6) is 0 Å². The van der Waals surface area contributed by atoms with E-state index in [1.54, 1.807) is 0 Å². The monoisotopic (exact) mass is 365 g/mol. The quantitative estimate of drug-likeness (QED) is 0.679. The molecule has 0 atom stereocenters. The smallest absolute Gasteiger partial charge is 0.307 e. The molecule has 0 fully saturated rings. The van der Waals surface area contributed by atoms with Crippen LogP contribution in [-0.2, 0) is 30.5 Å². The summed E-state index contributed by atoms with van der Waals surface area (Å²) in [7, 11) is 0. The molecule has 134 valence electrons. The van der Waals surface area contributed by atoms with Crippen LogP contribution in [0.15, 0.2) is 24.3 Å². The van der Waals surface area contributed by atoms with E-state index in [-0.39, 0.29) is 6.42 Å². The number of nitrogens with zero attached hydrogens (tertiary/aromatic N) is 1. The summed E-state index contributed by atoms with van der Waals surface area (Å²) in [5, 5.41) is 10.7. The first-order valence-corrected chi connectivity index (χ1v) is 10.1. The van der Waals surface area contributed by atoms with Crippen molar-refractivity contribution in [2.24, 2.45) is 0 Å². The fraction of sp³-hybridized carbons (Fsp3) is 0.364. The zero-order chi connectivity index (χ0) is 18.3. The lowest BCUT2D eigenvalue weighted by molar-refractivity contribution is -0.136. The highest BCUT2D eigenvalue weighted by Crippen LogP contribution is 2.43. The fourth-order valence-corrected chi connectivity index (χ4v) is 5.34. The van der Waals surface area contributed by atoms with Gasteiger partial charge >= 0.3 is 5.97 Å². The number of aromatic nitrogens is 1. The molecular formula is C22H23NO2S. The van der Waals surface area contributed by atoms with E-state index in [1.807, 2.05) is 11.3 Å². The van der Waals surface area contributed by atoms with Crippen molar-refractivity contribution in [2.75, 3.05) is 0 Å². The van der Waals surface area contributed by atoms with E-state index in [1.165, 1.54) is 34.2 Å². The Labute approximate surface area is 157 Å². The maximum Gasteiger partial charge on any atom is 0.307 e. The molecule has 1 aliphatic rings. The maximum atomic E-state index is 11.6. The van der Waals surface area contributed by atoms with Crippen LogP contribution >= 0.6 is 11.3 Å². The summed E-state index contributed by atoms with van der Waals surface area (Å²) < 4.78 is 0. The highest BCUT2D eigenvalue weighted by molar-refractivity contribution is 7.19. The van der Waals surface area contributed by atoms with Gasteiger partial charge < -0.3 is 5.11 Å². The van der Waals surface area contributed by atoms with E-state index in [0.717, 1.165) is 46.5 Å². The molecule has 4 heteroatoms. The first-order valence-electron chi connectivity index (χ1n) is 9.33. The summed E-state index contributed by atoms with van der Waals surface area (Å²) in [6, 6.07) is 8.47. The molecule has 1 aliphatic carbocycles. The first kappa shape index (κ1) is 17.2. The van der Waals surface area contributed by atoms with Crippen LogP contribution in [0.3, 0.4) is 0 Å². The number of fused-ring (bicyclic) bond motifs is 3. The molecule has 1 N–H and O–H groups in total. The molecule has 0 bridgehead atoms. The number of pyridine rings is 1. The molecule has 2 aromatic heterocycles. The van der Waals surface area contributed by atoms with Crippen molar-refractivity contribution >= 4 is 27.5 Å². The highest BCUT2D eigenvalue weighted by atomic mass is 32.1. The summed E-state index contributed by atoms with van der Waals surface area (Å²) in [5.74, 6) is -0.793. The van der Waals surface area contributed by atoms with Crippen LogP contribution in [-0.4, -0.2) is 16.1 Å². The number of hydrogen-bond acceptors (Lipinski definition) is 3. The molecule has 4 rings (SSSR count). The molecule has 3 aromatic rings. The predicted octanol–water partition coefficient (Wildman–Crippen LogP) is 5.34. The lowest BCUT2D eigenvalue weighted by Crippen LogP contribution is -2.08. The molecule has 0 amide bonds. The van der Waals surface area contributed by atoms with Crippen LogP contribution in [0.4, 0.5) is 0 Å². The number of thiophene rings is 1. The number of carboxylic acids is 1. The van der Waals surface area contributed by atoms with Crippen molar-refractivity contribution in [3.63, 3.8) is 0 Å². The third-order valence-corrected chi connectivity index (χ3v) is 6.48. The highest BCUT2D eigenvalue weighted by Gasteiger charge is 2.24. The standard InChI is InChI=1S/C22H23NO2S/c1-3-17-16(12-19(24)25)20(14-10-8-13(2)9-11-14)21-15-6-4-5-7-18(15)26-22(21)23-17/h8-11H,3-7,12H2,1-2H3,(H,24,25). The van der Waals surface area contributed by atoms with Crippen molar-refractivity contribution in [2.45, 2.75) is 52.4 Å². The third kappa shape index (κ3) is 2.92. The molecular weight excluding hydrogens is 342 g/mol. The van der Waals surface area contributed by atoms with Gasteiger partial charge in [-0.05, 0) is 61.3 Å². The van der Waals surface area contributed by atoms with Gasteiger partial charge in [0.15, 0.2) is 0 Å². The SMILES string of the molecule is CCc1nc2sc3c(c2c(-c2ccc(C)cc2)c1CC(=O)O)CCCC3. The molecule has 1 aromatic carbocycles. The summed E-state index contributed by atoms with van der Waals surface area (Å²) in [6.07, 6.45) is 5.42. The number of hydrogen-bond donors (Lipinski definition) is 1. The van der Waals surface area contributed by atoms with Crippen molar-refractivity contribution in [1.29, 1.82) is 0 Å². The van der Waals surface area contributed by atoms with Crippen LogP contribution < -0.4 is 0 Å². The number of aryl methyl sites for hydroxylation is 4. The largest absolute Gasteiger partial charge is 0.481 e. The van der Waals surface area contributed by atoms with Gasteiger partial charge in [0.05, 0.1) is 6.42 Å². The van der Waals surface area contributed by atoms with Crippen molar-refractivity contribution in [3.8, 4) is 11.1 Å². The average molecular weight is 365 g/mol. The van der Waals surface area contributed by atoms with Gasteiger partial charge in [0.25, 0.3) is 0 Å². The van der Waals surface area contributed by atoms with E-state index in [2.05, 4.69) is 38.1 Å². The second-order valence-electron chi connectivity index (χ2n) is 7.09. The lowest BCUT2D eigenvalue weighted by atomic mass is 9.88. The Balaban J connectivity index is 2.09. The Kier molecular flexibility index (Phi) is 4.53. The number of carboxylic acid groups (broad SMARTS) is 1. The van der Waals surface area contributed by atoms with E-state index >= 15 is 0 Å². The molecule has 0 saturated carbocycles. The molecule has 2 heterocycles. The van der Waals surface area contributed by atoms with Crippen LogP contribution in [0.2, 0.25) is 0 Å². The minimum absolute atomic E-state index is 0.0277. The zero-order valence-corrected chi connectivity index (χ0v) is 16.1. The van der Waals surface area contributed by atoms with Gasteiger partial charge in [-0.1, -0.05) is 36.8 Å². The summed E-state index contributed by atoms with van der Waals surface area (Å²) in [6.45, 7) is 4.14. The topological polar surface area (TPSA) is 50.2 Å². The average Bonchev–Trinajstić information content (AvgIpc) is 3.00. The van der Waals surface area contributed by atoms with E-state index in [0.29, 0.717) is 0 Å². The molecule has 0 spiro atoms. The van der Waals surface area contributed by atoms with E-state index < -0.39 is 5.97 Å². The molecule has 0 saturated heterocycles. The van der Waals surface area contributed by atoms with Crippen molar-refractivity contribution < 1.29 is 9.90 Å². The Morgan fingerprint density at radius 1 is 1.19 bits per heavy atom. The molecule has 0 radical (unpaired) electrons. The number of rotatable bonds is 4. The third-order valence-electron chi connectivity index (χ3n) is 5.29. The minimum Gasteiger partial charge on any atom is -0.481 e. The maximum absolute atomic E-state index is 11.6.